The van der Waals surface area contributed by atoms with Gasteiger partial charge in [0.05, 0.1) is 91.2 Å². The van der Waals surface area contributed by atoms with E-state index in [0.717, 1.165) is 146 Å². The fraction of sp³-hybridized carbons (Fsp3) is 0.194. The molecule has 3 atom stereocenters. The summed E-state index contributed by atoms with van der Waals surface area (Å²) in [5, 5.41) is 13.3. The molecule has 31 heteroatoms. The van der Waals surface area contributed by atoms with E-state index in [-0.39, 0.29) is 64.5 Å². The van der Waals surface area contributed by atoms with Crippen LogP contribution < -0.4 is 43.1 Å². The molecule has 6 aromatic heterocycles. The molecule has 3 aliphatic carbocycles. The van der Waals surface area contributed by atoms with Gasteiger partial charge in [-0.05, 0) is 213 Å². The van der Waals surface area contributed by atoms with E-state index < -0.39 is 53.4 Å². The van der Waals surface area contributed by atoms with Crippen molar-refractivity contribution in [2.75, 3.05) is 74.0 Å². The first-order valence-corrected chi connectivity index (χ1v) is 51.2. The number of hydrogen-bond acceptors (Lipinski definition) is 15. The van der Waals surface area contributed by atoms with Crippen molar-refractivity contribution >= 4 is 142 Å². The Balaban J connectivity index is 0.000000120. The minimum atomic E-state index is -3.72. The van der Waals surface area contributed by atoms with Gasteiger partial charge in [0.25, 0.3) is 17.7 Å². The largest absolute Gasteiger partial charge is 0.469 e. The molecule has 3 saturated carbocycles. The average molecular weight is 1940 g/mol. The number of ether oxygens (including phenoxy) is 3. The maximum atomic E-state index is 13.8. The van der Waals surface area contributed by atoms with Gasteiger partial charge >= 0.3 is 0 Å². The predicted octanol–water partition coefficient (Wildman–Crippen LogP) is 23.4. The molecule has 0 saturated heterocycles. The lowest BCUT2D eigenvalue weighted by atomic mass is 9.96. The smallest absolute Gasteiger partial charge is 0.255 e. The number of carbonyl (C=O) groups is 3. The van der Waals surface area contributed by atoms with Crippen molar-refractivity contribution in [3.63, 3.8) is 0 Å². The molecule has 18 aromatic rings. The van der Waals surface area contributed by atoms with Gasteiger partial charge in [-0.1, -0.05) is 84.4 Å². The lowest BCUT2D eigenvalue weighted by Gasteiger charge is -2.31. The molecular formula is C108H89ClF3N9O15S3. The molecule has 24 nitrogen and oxygen atoms in total. The molecule has 0 spiro atoms. The normalized spacial score (nSPS) is 15.8. The summed E-state index contributed by atoms with van der Waals surface area (Å²) < 4.78 is 168. The third-order valence-corrected chi connectivity index (χ3v) is 31.2. The molecule has 3 aliphatic heterocycles. The predicted molar refractivity (Wildman–Crippen MR) is 536 cm³/mol. The number of halogens is 4. The van der Waals surface area contributed by atoms with Gasteiger partial charge in [-0.2, -0.15) is 0 Å². The third kappa shape index (κ3) is 15.6. The van der Waals surface area contributed by atoms with E-state index in [1.54, 1.807) is 60.7 Å². The van der Waals surface area contributed by atoms with E-state index in [2.05, 4.69) is 66.0 Å². The van der Waals surface area contributed by atoms with Gasteiger partial charge < -0.3 is 57.1 Å². The van der Waals surface area contributed by atoms with E-state index in [1.165, 1.54) is 104 Å². The zero-order chi connectivity index (χ0) is 96.6. The van der Waals surface area contributed by atoms with Gasteiger partial charge in [0, 0.05) is 161 Å². The number of furan rings is 3. The van der Waals surface area contributed by atoms with Crippen molar-refractivity contribution in [3.8, 4) is 118 Å². The number of hydrogen-bond donors (Lipinski definition) is 3. The Labute approximate surface area is 801 Å². The molecule has 24 rings (SSSR count). The van der Waals surface area contributed by atoms with Crippen LogP contribution in [0.4, 0.5) is 30.2 Å². The summed E-state index contributed by atoms with van der Waals surface area (Å²) in [6.45, 7) is 0. The Kier molecular flexibility index (Phi) is 21.7. The number of sulfonamides is 3. The van der Waals surface area contributed by atoms with E-state index in [1.807, 2.05) is 103 Å². The highest BCUT2D eigenvalue weighted by Crippen LogP contribution is 2.58. The molecule has 0 bridgehead atoms. The van der Waals surface area contributed by atoms with Crippen LogP contribution in [0.1, 0.15) is 88.3 Å². The zero-order valence-electron chi connectivity index (χ0n) is 76.4. The number of para-hydroxylation sites is 3. The monoisotopic (exact) mass is 1940 g/mol. The molecule has 3 unspecified atom stereocenters. The fourth-order valence-corrected chi connectivity index (χ4v) is 21.4. The Bertz CT molecular complexity index is 8260. The molecular weight excluding hydrogens is 1850 g/mol. The second-order valence-corrected chi connectivity index (χ2v) is 42.5. The Morgan fingerprint density at radius 1 is 0.345 bits per heavy atom. The standard InChI is InChI=1S/C36H29ClFN3O5S.2C36H30FN3O5S/c1-39-35(42)31-25-17-24(28(40(2)47(3,43)44)18-30(25)45-34(31)19-10-13-22(38)14-11-19)21-12-15-29-26(16-21)33-32(37)23-6-4-5-7-27(23)41(33)36(46-29)20-8-9-20;2*1-38-35(41)33-27-18-25(29(39(2)46(3,42)43)19-32(27)44-34(33)20-10-13-24(37)14-11-20)22-12-15-31-26(16-22)30-17-23-6-4-5-7-28(23)40(30)36(45-31)21-8-9-21/h4-7,10-18,20,36H,8-9H2,1-3H3,(H,39,42);2*4-7,10-19,21,36H,8-9H2,1-3H3,(H,38,41). The summed E-state index contributed by atoms with van der Waals surface area (Å²) in [5.74, 6) is 1.81. The molecule has 702 valence electrons. The summed E-state index contributed by atoms with van der Waals surface area (Å²) in [6.07, 6.45) is 9.63. The highest BCUT2D eigenvalue weighted by Gasteiger charge is 2.45. The quantitative estimate of drug-likeness (QED) is 0.0720. The average Bonchev–Trinajstić information content (AvgIpc) is 1.58. The minimum absolute atomic E-state index is 0.0949. The maximum Gasteiger partial charge on any atom is 0.255 e. The van der Waals surface area contributed by atoms with E-state index in [0.29, 0.717) is 117 Å². The summed E-state index contributed by atoms with van der Waals surface area (Å²) in [5.41, 5.74) is 16.9. The Morgan fingerprint density at radius 2 is 0.640 bits per heavy atom. The summed E-state index contributed by atoms with van der Waals surface area (Å²) in [6, 6.07) is 73.6. The van der Waals surface area contributed by atoms with Crippen LogP contribution in [-0.2, 0) is 30.1 Å². The molecule has 3 amide bonds. The highest BCUT2D eigenvalue weighted by molar-refractivity contribution is 7.92. The zero-order valence-corrected chi connectivity index (χ0v) is 79.6. The highest BCUT2D eigenvalue weighted by atomic mass is 35.5. The maximum absolute atomic E-state index is 13.8. The number of benzene rings is 12. The topological polar surface area (TPSA) is 281 Å². The van der Waals surface area contributed by atoms with E-state index in [9.17, 15) is 52.8 Å². The number of aromatic nitrogens is 3. The number of nitrogens with zero attached hydrogens (tertiary/aromatic N) is 6. The van der Waals surface area contributed by atoms with Gasteiger partial charge in [0.2, 0.25) is 30.1 Å². The van der Waals surface area contributed by atoms with E-state index in [4.69, 9.17) is 39.1 Å². The SMILES string of the molecule is CNC(=O)c1c(-c2ccc(F)cc2)oc2cc(N(C)S(C)(=O)=O)c(-c3ccc4c(c3)-c3c(Cl)c5ccccc5n3C(C3CC3)O4)cc12.CNC(=O)c1c(-c2ccc(F)cc2)oc2cc(N(C)S(C)(=O)=O)c(-c3ccc4c(c3)-c3cc5ccccc5n3C(C3CC3)O4)cc12.CNC(=O)c1c(-c2ccc(F)cc2)oc2cc(N(C)S(C)(=O)=O)c(-c3ccc4c(c3)-c3cc5ccccc5n3C(C3CC3)O4)cc12. The first-order chi connectivity index (χ1) is 66.8. The van der Waals surface area contributed by atoms with Crippen molar-refractivity contribution in [2.45, 2.75) is 57.2 Å². The van der Waals surface area contributed by atoms with Gasteiger partial charge in [-0.3, -0.25) is 27.3 Å². The first-order valence-electron chi connectivity index (χ1n) is 45.3. The van der Waals surface area contributed by atoms with Crippen LogP contribution in [0.2, 0.25) is 5.02 Å². The number of fused-ring (bicyclic) bond motifs is 18. The van der Waals surface area contributed by atoms with Gasteiger partial charge in [-0.25, -0.2) is 38.4 Å². The summed E-state index contributed by atoms with van der Waals surface area (Å²) >= 11 is 7.11. The first kappa shape index (κ1) is 89.2. The lowest BCUT2D eigenvalue weighted by Crippen LogP contribution is -2.25. The van der Waals surface area contributed by atoms with Crippen LogP contribution in [0.25, 0.3) is 167 Å². The van der Waals surface area contributed by atoms with Crippen molar-refractivity contribution in [1.82, 2.24) is 29.7 Å². The van der Waals surface area contributed by atoms with Crippen molar-refractivity contribution in [3.05, 3.63) is 288 Å². The van der Waals surface area contributed by atoms with Gasteiger partial charge in [0.1, 0.15) is 68.7 Å². The summed E-state index contributed by atoms with van der Waals surface area (Å²) in [7, 11) is -2.07. The Morgan fingerprint density at radius 3 is 0.964 bits per heavy atom. The van der Waals surface area contributed by atoms with Gasteiger partial charge in [0.15, 0.2) is 18.7 Å². The number of nitrogens with one attached hydrogen (secondary N) is 3. The number of anilines is 3. The van der Waals surface area contributed by atoms with Crippen molar-refractivity contribution < 1.29 is 80.3 Å². The van der Waals surface area contributed by atoms with Crippen LogP contribution in [0.5, 0.6) is 17.2 Å². The molecule has 139 heavy (non-hydrogen) atoms. The van der Waals surface area contributed by atoms with Crippen LogP contribution in [0.3, 0.4) is 0 Å². The van der Waals surface area contributed by atoms with Crippen molar-refractivity contribution in [2.24, 2.45) is 17.8 Å². The third-order valence-electron chi connectivity index (χ3n) is 27.2. The molecule has 3 fully saturated rings. The number of amides is 3. The molecule has 3 N–H and O–H groups in total. The van der Waals surface area contributed by atoms with Crippen LogP contribution in [0, 0.1) is 35.2 Å². The molecule has 9 heterocycles. The van der Waals surface area contributed by atoms with E-state index >= 15 is 0 Å². The molecule has 0 radical (unpaired) electrons. The number of carbonyl (C=O) groups excluding carboxylic acids is 3. The second-order valence-electron chi connectivity index (χ2n) is 36.1. The minimum Gasteiger partial charge on any atom is -0.469 e. The molecule has 6 aliphatic rings. The van der Waals surface area contributed by atoms with Crippen LogP contribution in [0.15, 0.2) is 262 Å². The Hall–Kier alpha value is -15.0. The van der Waals surface area contributed by atoms with Crippen LogP contribution in [-0.4, -0.2) is 118 Å². The van der Waals surface area contributed by atoms with Crippen LogP contribution >= 0.6 is 11.6 Å². The molecule has 12 aromatic carbocycles. The lowest BCUT2D eigenvalue weighted by molar-refractivity contribution is 0.0956. The fourth-order valence-electron chi connectivity index (χ4n) is 19.5. The van der Waals surface area contributed by atoms with Gasteiger partial charge in [-0.15, -0.1) is 0 Å². The second kappa shape index (κ2) is 33.7. The number of rotatable bonds is 18. The van der Waals surface area contributed by atoms with Crippen molar-refractivity contribution in [1.29, 1.82) is 0 Å². The summed E-state index contributed by atoms with van der Waals surface area (Å²) in [4.78, 5) is 40.0.